The molecule has 0 amide bonds. The Morgan fingerprint density at radius 1 is 1.35 bits per heavy atom. The second-order valence-electron chi connectivity index (χ2n) is 4.20. The van der Waals surface area contributed by atoms with E-state index in [1.807, 2.05) is 25.9 Å². The van der Waals surface area contributed by atoms with Crippen LogP contribution < -0.4 is 10.5 Å². The van der Waals surface area contributed by atoms with Crippen LogP contribution >= 0.6 is 0 Å². The van der Waals surface area contributed by atoms with Gasteiger partial charge in [0, 0.05) is 12.6 Å². The van der Waals surface area contributed by atoms with Crippen molar-refractivity contribution in [3.8, 4) is 0 Å². The number of likely N-dealkylation sites (N-methyl/N-ethyl adjacent to an activating group) is 1. The Morgan fingerprint density at radius 3 is 2.47 bits per heavy atom. The lowest BCUT2D eigenvalue weighted by Gasteiger charge is -2.20. The third kappa shape index (κ3) is 3.69. The van der Waals surface area contributed by atoms with Crippen molar-refractivity contribution in [1.82, 2.24) is 9.62 Å². The molecular weight excluding hydrogens is 238 g/mol. The fraction of sp³-hybridized carbons (Fsp3) is 0.455. The minimum Gasteiger partial charge on any atom is -0.398 e. The van der Waals surface area contributed by atoms with Crippen molar-refractivity contribution in [2.24, 2.45) is 0 Å². The molecule has 1 aromatic rings. The molecule has 0 heterocycles. The zero-order valence-corrected chi connectivity index (χ0v) is 11.2. The maximum Gasteiger partial charge on any atom is 0.242 e. The van der Waals surface area contributed by atoms with Crippen LogP contribution in [0.5, 0.6) is 0 Å². The standard InChI is InChI=1S/C11H19N3O2S/c1-9(14(2)3)8-13-17(15,16)11-7-5-4-6-10(11)12/h4-7,9,13H,8,12H2,1-3H3. The number of para-hydroxylation sites is 1. The van der Waals surface area contributed by atoms with E-state index in [4.69, 9.17) is 5.73 Å². The largest absolute Gasteiger partial charge is 0.398 e. The number of hydrogen-bond donors (Lipinski definition) is 2. The molecule has 0 saturated carbocycles. The first kappa shape index (κ1) is 14.0. The lowest BCUT2D eigenvalue weighted by atomic mass is 10.3. The van der Waals surface area contributed by atoms with E-state index in [-0.39, 0.29) is 16.6 Å². The summed E-state index contributed by atoms with van der Waals surface area (Å²) in [5, 5.41) is 0. The van der Waals surface area contributed by atoms with Crippen LogP contribution in [0.25, 0.3) is 0 Å². The van der Waals surface area contributed by atoms with Gasteiger partial charge in [-0.25, -0.2) is 13.1 Å². The van der Waals surface area contributed by atoms with Crippen molar-refractivity contribution in [1.29, 1.82) is 0 Å². The average molecular weight is 257 g/mol. The number of hydrogen-bond acceptors (Lipinski definition) is 4. The van der Waals surface area contributed by atoms with Crippen molar-refractivity contribution in [3.05, 3.63) is 24.3 Å². The van der Waals surface area contributed by atoms with Crippen LogP contribution in [0.3, 0.4) is 0 Å². The highest BCUT2D eigenvalue weighted by molar-refractivity contribution is 7.89. The Labute approximate surface area is 103 Å². The van der Waals surface area contributed by atoms with Gasteiger partial charge in [-0.15, -0.1) is 0 Å². The number of sulfonamides is 1. The topological polar surface area (TPSA) is 75.4 Å². The summed E-state index contributed by atoms with van der Waals surface area (Å²) in [5.41, 5.74) is 5.90. The Morgan fingerprint density at radius 2 is 1.94 bits per heavy atom. The van der Waals surface area contributed by atoms with Gasteiger partial charge in [-0.05, 0) is 33.2 Å². The zero-order chi connectivity index (χ0) is 13.1. The number of nitrogens with zero attached hydrogens (tertiary/aromatic N) is 1. The molecule has 6 heteroatoms. The maximum absolute atomic E-state index is 12.0. The van der Waals surface area contributed by atoms with Gasteiger partial charge in [-0.2, -0.15) is 0 Å². The summed E-state index contributed by atoms with van der Waals surface area (Å²) < 4.78 is 26.5. The van der Waals surface area contributed by atoms with Gasteiger partial charge in [-0.3, -0.25) is 0 Å². The molecule has 0 spiro atoms. The van der Waals surface area contributed by atoms with E-state index in [1.54, 1.807) is 18.2 Å². The summed E-state index contributed by atoms with van der Waals surface area (Å²) in [4.78, 5) is 2.07. The van der Waals surface area contributed by atoms with Gasteiger partial charge in [0.1, 0.15) is 4.90 Å². The molecule has 96 valence electrons. The van der Waals surface area contributed by atoms with Crippen LogP contribution in [0, 0.1) is 0 Å². The first-order valence-corrected chi connectivity index (χ1v) is 6.83. The molecule has 0 saturated heterocycles. The van der Waals surface area contributed by atoms with Crippen LogP contribution in [0.1, 0.15) is 6.92 Å². The smallest absolute Gasteiger partial charge is 0.242 e. The summed E-state index contributed by atoms with van der Waals surface area (Å²) >= 11 is 0. The maximum atomic E-state index is 12.0. The van der Waals surface area contributed by atoms with Crippen molar-refractivity contribution in [2.45, 2.75) is 17.9 Å². The van der Waals surface area contributed by atoms with Crippen molar-refractivity contribution in [3.63, 3.8) is 0 Å². The molecule has 0 aliphatic heterocycles. The van der Waals surface area contributed by atoms with Crippen LogP contribution in [-0.4, -0.2) is 40.0 Å². The van der Waals surface area contributed by atoms with E-state index in [2.05, 4.69) is 4.72 Å². The van der Waals surface area contributed by atoms with Gasteiger partial charge in [-0.1, -0.05) is 12.1 Å². The summed E-state index contributed by atoms with van der Waals surface area (Å²) in [7, 11) is 0.276. The normalized spacial score (nSPS) is 13.9. The SMILES string of the molecule is CC(CNS(=O)(=O)c1ccccc1N)N(C)C. The Hall–Kier alpha value is -1.11. The van der Waals surface area contributed by atoms with Gasteiger partial charge in [0.2, 0.25) is 10.0 Å². The minimum absolute atomic E-state index is 0.120. The highest BCUT2D eigenvalue weighted by Gasteiger charge is 2.17. The first-order valence-electron chi connectivity index (χ1n) is 5.35. The van der Waals surface area contributed by atoms with Crippen molar-refractivity contribution >= 4 is 15.7 Å². The third-order valence-electron chi connectivity index (χ3n) is 2.66. The van der Waals surface area contributed by atoms with Crippen molar-refractivity contribution < 1.29 is 8.42 Å². The van der Waals surface area contributed by atoms with E-state index in [0.717, 1.165) is 0 Å². The molecule has 1 rings (SSSR count). The van der Waals surface area contributed by atoms with Gasteiger partial charge in [0.25, 0.3) is 0 Å². The molecule has 0 aliphatic carbocycles. The highest BCUT2D eigenvalue weighted by Crippen LogP contribution is 2.16. The lowest BCUT2D eigenvalue weighted by Crippen LogP contribution is -2.38. The van der Waals surface area contributed by atoms with Crippen LogP contribution in [0.2, 0.25) is 0 Å². The Kier molecular flexibility index (Phi) is 4.50. The molecule has 0 fully saturated rings. The Bertz CT molecular complexity index is 471. The monoisotopic (exact) mass is 257 g/mol. The number of benzene rings is 1. The number of nitrogens with two attached hydrogens (primary N) is 1. The quantitative estimate of drug-likeness (QED) is 0.753. The number of nitrogens with one attached hydrogen (secondary N) is 1. The molecule has 17 heavy (non-hydrogen) atoms. The zero-order valence-electron chi connectivity index (χ0n) is 10.3. The van der Waals surface area contributed by atoms with Gasteiger partial charge < -0.3 is 10.6 Å². The van der Waals surface area contributed by atoms with E-state index >= 15 is 0 Å². The van der Waals surface area contributed by atoms with Crippen molar-refractivity contribution in [2.75, 3.05) is 26.4 Å². The second kappa shape index (κ2) is 5.48. The minimum atomic E-state index is -3.52. The Balaban J connectivity index is 2.80. The second-order valence-corrected chi connectivity index (χ2v) is 5.94. The fourth-order valence-electron chi connectivity index (χ4n) is 1.22. The number of rotatable bonds is 5. The molecule has 0 bridgehead atoms. The van der Waals surface area contributed by atoms with Gasteiger partial charge in [0.15, 0.2) is 0 Å². The first-order chi connectivity index (χ1) is 7.84. The van der Waals surface area contributed by atoms with Crippen LogP contribution in [0.15, 0.2) is 29.2 Å². The molecule has 3 N–H and O–H groups in total. The van der Waals surface area contributed by atoms with E-state index in [1.165, 1.54) is 6.07 Å². The number of anilines is 1. The molecule has 1 unspecified atom stereocenters. The predicted molar refractivity (Wildman–Crippen MR) is 69.2 cm³/mol. The molecule has 1 atom stereocenters. The number of nitrogen functional groups attached to an aromatic ring is 1. The molecule has 0 aliphatic rings. The average Bonchev–Trinajstić information content (AvgIpc) is 2.26. The van der Waals surface area contributed by atoms with Gasteiger partial charge in [0.05, 0.1) is 5.69 Å². The summed E-state index contributed by atoms with van der Waals surface area (Å²) in [6.45, 7) is 2.29. The molecule has 0 aromatic heterocycles. The summed E-state index contributed by atoms with van der Waals surface area (Å²) in [6.07, 6.45) is 0. The summed E-state index contributed by atoms with van der Waals surface area (Å²) in [5.74, 6) is 0. The predicted octanol–water partition coefficient (Wildman–Crippen LogP) is 0.497. The molecule has 0 radical (unpaired) electrons. The van der Waals surface area contributed by atoms with Crippen LogP contribution in [0.4, 0.5) is 5.69 Å². The van der Waals surface area contributed by atoms with E-state index in [9.17, 15) is 8.42 Å². The molecule has 1 aromatic carbocycles. The fourth-order valence-corrected chi connectivity index (χ4v) is 2.47. The van der Waals surface area contributed by atoms with Crippen LogP contribution in [-0.2, 0) is 10.0 Å². The molecular formula is C11H19N3O2S. The lowest BCUT2D eigenvalue weighted by molar-refractivity contribution is 0.314. The summed E-state index contributed by atoms with van der Waals surface area (Å²) in [6, 6.07) is 6.55. The van der Waals surface area contributed by atoms with Gasteiger partial charge >= 0.3 is 0 Å². The molecule has 5 nitrogen and oxygen atoms in total. The highest BCUT2D eigenvalue weighted by atomic mass is 32.2. The van der Waals surface area contributed by atoms with E-state index in [0.29, 0.717) is 6.54 Å². The third-order valence-corrected chi connectivity index (χ3v) is 4.16. The van der Waals surface area contributed by atoms with E-state index < -0.39 is 10.0 Å².